The van der Waals surface area contributed by atoms with E-state index < -0.39 is 12.0 Å². The highest BCUT2D eigenvalue weighted by molar-refractivity contribution is 5.67. The molecule has 0 unspecified atom stereocenters. The van der Waals surface area contributed by atoms with Crippen molar-refractivity contribution in [1.29, 1.82) is 0 Å². The summed E-state index contributed by atoms with van der Waals surface area (Å²) in [6.45, 7) is 0. The summed E-state index contributed by atoms with van der Waals surface area (Å²) in [5.74, 6) is -0.332. The lowest BCUT2D eigenvalue weighted by Gasteiger charge is -2.10. The van der Waals surface area contributed by atoms with E-state index in [1.807, 2.05) is 0 Å². The number of hydrogen-bond donors (Lipinski definition) is 3. The summed E-state index contributed by atoms with van der Waals surface area (Å²) < 4.78 is 43.6. The number of nitrogens with zero attached hydrogens (tertiary/aromatic N) is 5. The molecule has 5 N–H and O–H groups in total. The van der Waals surface area contributed by atoms with E-state index in [1.165, 1.54) is 6.07 Å². The third kappa shape index (κ3) is 4.98. The summed E-state index contributed by atoms with van der Waals surface area (Å²) in [5, 5.41) is 3.08. The van der Waals surface area contributed by atoms with E-state index in [9.17, 15) is 13.2 Å². The van der Waals surface area contributed by atoms with E-state index in [0.29, 0.717) is 34.3 Å². The summed E-state index contributed by atoms with van der Waals surface area (Å²) in [7, 11) is 0. The number of nitrogens with two attached hydrogens (primary N) is 2. The van der Waals surface area contributed by atoms with Gasteiger partial charge in [-0.3, -0.25) is 0 Å². The standard InChI is InChI=1S/C20H15F3N8O/c21-20(22,23)18-26-8-7-17(31-18)32-13-4-2-12(3-5-13)28-16-9-14(29-19(25)30-16)11-1-6-15(24)27-10-11/h1-10H,(H2,24,27)(H3,25,28,29,30). The Kier molecular flexibility index (Phi) is 5.41. The predicted molar refractivity (Wildman–Crippen MR) is 111 cm³/mol. The fraction of sp³-hybridized carbons (Fsp3) is 0.0500. The van der Waals surface area contributed by atoms with Crippen LogP contribution < -0.4 is 21.5 Å². The molecular formula is C20H15F3N8O. The number of anilines is 4. The SMILES string of the molecule is Nc1ccc(-c2cc(Nc3ccc(Oc4ccnc(C(F)(F)F)n4)cc3)nc(N)n2)cn1. The number of rotatable bonds is 5. The minimum atomic E-state index is -4.66. The van der Waals surface area contributed by atoms with E-state index in [1.54, 1.807) is 48.7 Å². The number of benzene rings is 1. The molecule has 3 aromatic heterocycles. The molecule has 162 valence electrons. The van der Waals surface area contributed by atoms with Crippen LogP contribution in [0.5, 0.6) is 11.6 Å². The second kappa shape index (κ2) is 8.34. The number of nitrogens with one attached hydrogen (secondary N) is 1. The minimum Gasteiger partial charge on any atom is -0.439 e. The van der Waals surface area contributed by atoms with E-state index >= 15 is 0 Å². The van der Waals surface area contributed by atoms with Gasteiger partial charge in [0.1, 0.15) is 17.4 Å². The van der Waals surface area contributed by atoms with Gasteiger partial charge >= 0.3 is 6.18 Å². The molecule has 0 saturated heterocycles. The van der Waals surface area contributed by atoms with Gasteiger partial charge in [-0.15, -0.1) is 0 Å². The molecule has 3 heterocycles. The molecule has 9 nitrogen and oxygen atoms in total. The third-order valence-electron chi connectivity index (χ3n) is 4.06. The predicted octanol–water partition coefficient (Wildman–Crippen LogP) is 4.05. The van der Waals surface area contributed by atoms with Crippen molar-refractivity contribution in [2.75, 3.05) is 16.8 Å². The van der Waals surface area contributed by atoms with Crippen molar-refractivity contribution in [3.63, 3.8) is 0 Å². The van der Waals surface area contributed by atoms with Crippen LogP contribution in [-0.4, -0.2) is 24.9 Å². The maximum absolute atomic E-state index is 12.7. The molecule has 0 atom stereocenters. The fourth-order valence-electron chi connectivity index (χ4n) is 2.65. The Balaban J connectivity index is 1.49. The van der Waals surface area contributed by atoms with E-state index in [2.05, 4.69) is 30.2 Å². The van der Waals surface area contributed by atoms with Crippen molar-refractivity contribution in [1.82, 2.24) is 24.9 Å². The fourth-order valence-corrected chi connectivity index (χ4v) is 2.65. The van der Waals surface area contributed by atoms with Crippen LogP contribution in [0.1, 0.15) is 5.82 Å². The van der Waals surface area contributed by atoms with Gasteiger partial charge in [0.05, 0.1) is 5.69 Å². The number of ether oxygens (including phenoxy) is 1. The van der Waals surface area contributed by atoms with Crippen LogP contribution in [0.25, 0.3) is 11.3 Å². The molecule has 1 aromatic carbocycles. The lowest BCUT2D eigenvalue weighted by molar-refractivity contribution is -0.145. The number of alkyl halides is 3. The van der Waals surface area contributed by atoms with Gasteiger partial charge in [-0.25, -0.2) is 15.0 Å². The monoisotopic (exact) mass is 440 g/mol. The molecule has 12 heteroatoms. The number of nitrogen functional groups attached to an aromatic ring is 2. The van der Waals surface area contributed by atoms with Crippen LogP contribution in [0, 0.1) is 0 Å². The second-order valence-electron chi connectivity index (χ2n) is 6.44. The van der Waals surface area contributed by atoms with Crippen LogP contribution in [-0.2, 0) is 6.18 Å². The summed E-state index contributed by atoms with van der Waals surface area (Å²) in [6.07, 6.45) is -2.10. The molecule has 0 bridgehead atoms. The third-order valence-corrected chi connectivity index (χ3v) is 4.06. The van der Waals surface area contributed by atoms with E-state index in [4.69, 9.17) is 16.2 Å². The second-order valence-corrected chi connectivity index (χ2v) is 6.44. The van der Waals surface area contributed by atoms with Gasteiger partial charge in [-0.1, -0.05) is 0 Å². The Morgan fingerprint density at radius 2 is 1.66 bits per heavy atom. The minimum absolute atomic E-state index is 0.0611. The summed E-state index contributed by atoms with van der Waals surface area (Å²) >= 11 is 0. The van der Waals surface area contributed by atoms with Crippen LogP contribution in [0.15, 0.2) is 60.9 Å². The Morgan fingerprint density at radius 3 is 2.34 bits per heavy atom. The average Bonchev–Trinajstić information content (AvgIpc) is 2.75. The highest BCUT2D eigenvalue weighted by Crippen LogP contribution is 2.29. The zero-order chi connectivity index (χ0) is 22.7. The van der Waals surface area contributed by atoms with Crippen molar-refractivity contribution in [2.24, 2.45) is 0 Å². The van der Waals surface area contributed by atoms with Gasteiger partial charge < -0.3 is 21.5 Å². The quantitative estimate of drug-likeness (QED) is 0.419. The summed E-state index contributed by atoms with van der Waals surface area (Å²) in [6, 6.07) is 12.8. The first-order valence-electron chi connectivity index (χ1n) is 9.08. The lowest BCUT2D eigenvalue weighted by atomic mass is 10.2. The molecule has 0 saturated carbocycles. The topological polar surface area (TPSA) is 138 Å². The molecular weight excluding hydrogens is 425 g/mol. The van der Waals surface area contributed by atoms with Gasteiger partial charge in [0.2, 0.25) is 17.7 Å². The van der Waals surface area contributed by atoms with E-state index in [0.717, 1.165) is 6.20 Å². The van der Waals surface area contributed by atoms with Crippen LogP contribution in [0.4, 0.5) is 36.4 Å². The molecule has 0 aliphatic rings. The Hall–Kier alpha value is -4.48. The number of pyridine rings is 1. The zero-order valence-corrected chi connectivity index (χ0v) is 16.2. The molecule has 32 heavy (non-hydrogen) atoms. The van der Waals surface area contributed by atoms with Crippen molar-refractivity contribution >= 4 is 23.3 Å². The van der Waals surface area contributed by atoms with Crippen LogP contribution >= 0.6 is 0 Å². The zero-order valence-electron chi connectivity index (χ0n) is 16.2. The Labute approximate surface area is 179 Å². The van der Waals surface area contributed by atoms with Gasteiger partial charge in [0.15, 0.2) is 0 Å². The largest absolute Gasteiger partial charge is 0.451 e. The molecule has 0 spiro atoms. The first kappa shape index (κ1) is 20.8. The molecule has 0 aliphatic carbocycles. The van der Waals surface area contributed by atoms with E-state index in [-0.39, 0.29) is 11.8 Å². The van der Waals surface area contributed by atoms with Crippen molar-refractivity contribution < 1.29 is 17.9 Å². The smallest absolute Gasteiger partial charge is 0.439 e. The highest BCUT2D eigenvalue weighted by atomic mass is 19.4. The van der Waals surface area contributed by atoms with Gasteiger partial charge in [0.25, 0.3) is 0 Å². The van der Waals surface area contributed by atoms with Gasteiger partial charge in [0, 0.05) is 35.8 Å². The molecule has 0 aliphatic heterocycles. The normalized spacial score (nSPS) is 11.2. The number of aromatic nitrogens is 5. The summed E-state index contributed by atoms with van der Waals surface area (Å²) in [4.78, 5) is 18.9. The first-order chi connectivity index (χ1) is 15.3. The van der Waals surface area contributed by atoms with Gasteiger partial charge in [-0.05, 0) is 36.4 Å². The highest BCUT2D eigenvalue weighted by Gasteiger charge is 2.34. The van der Waals surface area contributed by atoms with Crippen molar-refractivity contribution in [3.05, 3.63) is 66.7 Å². The maximum Gasteiger partial charge on any atom is 0.451 e. The number of hydrogen-bond acceptors (Lipinski definition) is 9. The first-order valence-corrected chi connectivity index (χ1v) is 9.08. The molecule has 0 radical (unpaired) electrons. The molecule has 4 rings (SSSR count). The van der Waals surface area contributed by atoms with Crippen LogP contribution in [0.3, 0.4) is 0 Å². The van der Waals surface area contributed by atoms with Crippen molar-refractivity contribution in [3.8, 4) is 22.9 Å². The maximum atomic E-state index is 12.7. The Morgan fingerprint density at radius 1 is 0.875 bits per heavy atom. The van der Waals surface area contributed by atoms with Crippen LogP contribution in [0.2, 0.25) is 0 Å². The lowest BCUT2D eigenvalue weighted by Crippen LogP contribution is -2.10. The molecule has 0 fully saturated rings. The Bertz CT molecular complexity index is 1230. The summed E-state index contributed by atoms with van der Waals surface area (Å²) in [5.41, 5.74) is 13.3. The molecule has 4 aromatic rings. The number of halogens is 3. The van der Waals surface area contributed by atoms with Gasteiger partial charge in [-0.2, -0.15) is 23.1 Å². The molecule has 0 amide bonds. The van der Waals surface area contributed by atoms with Crippen molar-refractivity contribution in [2.45, 2.75) is 6.18 Å². The average molecular weight is 440 g/mol.